The number of hydrogen-bond acceptors (Lipinski definition) is 2. The molecule has 0 bridgehead atoms. The minimum Gasteiger partial charge on any atom is -0.353 e. The van der Waals surface area contributed by atoms with E-state index in [-0.39, 0.29) is 11.8 Å². The number of piperidine rings is 1. The maximum atomic E-state index is 12.6. The van der Waals surface area contributed by atoms with Gasteiger partial charge in [-0.15, -0.1) is 0 Å². The van der Waals surface area contributed by atoms with Crippen LogP contribution in [0.1, 0.15) is 56.4 Å². The van der Waals surface area contributed by atoms with Crippen LogP contribution in [-0.2, 0) is 4.79 Å². The Morgan fingerprint density at radius 2 is 1.76 bits per heavy atom. The first kappa shape index (κ1) is 17.5. The lowest BCUT2D eigenvalue weighted by Gasteiger charge is -2.33. The summed E-state index contributed by atoms with van der Waals surface area (Å²) in [7, 11) is 0. The van der Waals surface area contributed by atoms with Crippen molar-refractivity contribution in [1.82, 2.24) is 10.2 Å². The number of likely N-dealkylation sites (tertiary alicyclic amines) is 1. The third-order valence-corrected chi connectivity index (χ3v) is 6.88. The Balaban J connectivity index is 1.20. The maximum absolute atomic E-state index is 12.6. The number of rotatable bonds is 5. The molecule has 3 aliphatic rings. The van der Waals surface area contributed by atoms with Gasteiger partial charge in [-0.3, -0.25) is 4.79 Å². The van der Waals surface area contributed by atoms with Crippen molar-refractivity contribution in [2.45, 2.75) is 56.9 Å². The number of nitrogens with zero attached hydrogens (tertiary/aromatic N) is 1. The summed E-state index contributed by atoms with van der Waals surface area (Å²) in [5.74, 6) is 1.83. The van der Waals surface area contributed by atoms with E-state index in [4.69, 9.17) is 0 Å². The molecule has 1 heterocycles. The summed E-state index contributed by atoms with van der Waals surface area (Å²) < 4.78 is 1.10. The highest BCUT2D eigenvalue weighted by molar-refractivity contribution is 9.10. The molecule has 4 rings (SSSR count). The molecule has 3 nitrogen and oxygen atoms in total. The van der Waals surface area contributed by atoms with Crippen LogP contribution >= 0.6 is 15.9 Å². The number of halogens is 1. The van der Waals surface area contributed by atoms with Gasteiger partial charge in [-0.05, 0) is 61.6 Å². The molecule has 2 saturated carbocycles. The molecule has 1 N–H and O–H groups in total. The first-order chi connectivity index (χ1) is 12.2. The second-order valence-corrected chi connectivity index (χ2v) is 9.15. The van der Waals surface area contributed by atoms with E-state index in [0.29, 0.717) is 12.0 Å². The molecule has 136 valence electrons. The minimum absolute atomic E-state index is 0.192. The molecule has 0 radical (unpaired) electrons. The number of benzene rings is 1. The van der Waals surface area contributed by atoms with Crippen molar-refractivity contribution >= 4 is 21.8 Å². The van der Waals surface area contributed by atoms with E-state index in [1.807, 2.05) is 0 Å². The fraction of sp³-hybridized carbons (Fsp3) is 0.667. The first-order valence-corrected chi connectivity index (χ1v) is 10.8. The van der Waals surface area contributed by atoms with E-state index in [0.717, 1.165) is 42.7 Å². The van der Waals surface area contributed by atoms with Gasteiger partial charge < -0.3 is 10.2 Å². The van der Waals surface area contributed by atoms with Crippen molar-refractivity contribution in [2.75, 3.05) is 19.6 Å². The second kappa shape index (κ2) is 7.79. The summed E-state index contributed by atoms with van der Waals surface area (Å²) in [5.41, 5.74) is 1.30. The van der Waals surface area contributed by atoms with Gasteiger partial charge in [-0.25, -0.2) is 0 Å². The maximum Gasteiger partial charge on any atom is 0.223 e. The quantitative estimate of drug-likeness (QED) is 0.791. The van der Waals surface area contributed by atoms with Crippen molar-refractivity contribution < 1.29 is 4.79 Å². The third-order valence-electron chi connectivity index (χ3n) is 6.35. The SMILES string of the molecule is O=C(NC1CCN(CC2CCCC2)CC1)[C@H]1C[C@H]1c1ccc(Br)cc1. The summed E-state index contributed by atoms with van der Waals surface area (Å²) in [4.78, 5) is 15.2. The van der Waals surface area contributed by atoms with Crippen LogP contribution in [0.4, 0.5) is 0 Å². The molecule has 1 aliphatic heterocycles. The normalized spacial score (nSPS) is 28.2. The van der Waals surface area contributed by atoms with E-state index in [1.165, 1.54) is 37.8 Å². The highest BCUT2D eigenvalue weighted by Crippen LogP contribution is 2.47. The van der Waals surface area contributed by atoms with E-state index in [1.54, 1.807) is 0 Å². The Morgan fingerprint density at radius 1 is 1.08 bits per heavy atom. The van der Waals surface area contributed by atoms with Gasteiger partial charge in [0.1, 0.15) is 0 Å². The minimum atomic E-state index is 0.192. The van der Waals surface area contributed by atoms with Crippen molar-refractivity contribution in [3.8, 4) is 0 Å². The fourth-order valence-electron chi connectivity index (χ4n) is 4.69. The molecule has 25 heavy (non-hydrogen) atoms. The molecule has 1 amide bonds. The molecule has 1 aromatic carbocycles. The molecular weight excluding hydrogens is 376 g/mol. The first-order valence-electron chi connectivity index (χ1n) is 9.97. The summed E-state index contributed by atoms with van der Waals surface area (Å²) in [6.07, 6.45) is 8.96. The van der Waals surface area contributed by atoms with Crippen LogP contribution in [0, 0.1) is 11.8 Å². The van der Waals surface area contributed by atoms with Gasteiger partial charge in [-0.1, -0.05) is 40.9 Å². The fourth-order valence-corrected chi connectivity index (χ4v) is 4.95. The zero-order valence-electron chi connectivity index (χ0n) is 14.9. The van der Waals surface area contributed by atoms with Gasteiger partial charge in [0.2, 0.25) is 5.91 Å². The lowest BCUT2D eigenvalue weighted by atomic mass is 10.0. The molecule has 2 atom stereocenters. The van der Waals surface area contributed by atoms with Crippen molar-refractivity contribution in [1.29, 1.82) is 0 Å². The predicted molar refractivity (Wildman–Crippen MR) is 105 cm³/mol. The number of carbonyl (C=O) groups is 1. The van der Waals surface area contributed by atoms with Crippen molar-refractivity contribution in [2.24, 2.45) is 11.8 Å². The van der Waals surface area contributed by atoms with E-state index in [2.05, 4.69) is 50.4 Å². The average molecular weight is 405 g/mol. The second-order valence-electron chi connectivity index (χ2n) is 8.23. The molecule has 0 unspecified atom stereocenters. The van der Waals surface area contributed by atoms with Crippen molar-refractivity contribution in [3.63, 3.8) is 0 Å². The molecular formula is C21H29BrN2O. The van der Waals surface area contributed by atoms with E-state index in [9.17, 15) is 4.79 Å². The average Bonchev–Trinajstić information content (AvgIpc) is 3.26. The Morgan fingerprint density at radius 3 is 2.44 bits per heavy atom. The van der Waals surface area contributed by atoms with Crippen LogP contribution in [0.5, 0.6) is 0 Å². The van der Waals surface area contributed by atoms with Gasteiger partial charge in [-0.2, -0.15) is 0 Å². The van der Waals surface area contributed by atoms with Gasteiger partial charge in [0.05, 0.1) is 0 Å². The van der Waals surface area contributed by atoms with Crippen LogP contribution < -0.4 is 5.32 Å². The van der Waals surface area contributed by atoms with Crippen LogP contribution in [0.3, 0.4) is 0 Å². The smallest absolute Gasteiger partial charge is 0.223 e. The standard InChI is InChI=1S/C21H29BrN2O/c22-17-7-5-16(6-8-17)19-13-20(19)21(25)23-18-9-11-24(12-10-18)14-15-3-1-2-4-15/h5-8,15,18-20H,1-4,9-14H2,(H,23,25)/t19-,20-/m0/s1. The zero-order valence-corrected chi connectivity index (χ0v) is 16.5. The Bertz CT molecular complexity index is 588. The zero-order chi connectivity index (χ0) is 17.2. The molecule has 0 spiro atoms. The van der Waals surface area contributed by atoms with Gasteiger partial charge in [0, 0.05) is 36.1 Å². The van der Waals surface area contributed by atoms with Crippen LogP contribution in [0.2, 0.25) is 0 Å². The molecule has 1 saturated heterocycles. The summed E-state index contributed by atoms with van der Waals surface area (Å²) in [5, 5.41) is 3.33. The number of hydrogen-bond donors (Lipinski definition) is 1. The lowest BCUT2D eigenvalue weighted by Crippen LogP contribution is -2.46. The molecule has 2 aliphatic carbocycles. The monoisotopic (exact) mass is 404 g/mol. The van der Waals surface area contributed by atoms with E-state index >= 15 is 0 Å². The van der Waals surface area contributed by atoms with Gasteiger partial charge in [0.15, 0.2) is 0 Å². The van der Waals surface area contributed by atoms with Crippen molar-refractivity contribution in [3.05, 3.63) is 34.3 Å². The number of amides is 1. The number of carbonyl (C=O) groups excluding carboxylic acids is 1. The lowest BCUT2D eigenvalue weighted by molar-refractivity contribution is -0.123. The van der Waals surface area contributed by atoms with Crippen LogP contribution in [-0.4, -0.2) is 36.5 Å². The molecule has 1 aromatic rings. The highest BCUT2D eigenvalue weighted by Gasteiger charge is 2.44. The highest BCUT2D eigenvalue weighted by atomic mass is 79.9. The number of nitrogens with one attached hydrogen (secondary N) is 1. The molecule has 0 aromatic heterocycles. The molecule has 3 fully saturated rings. The van der Waals surface area contributed by atoms with Crippen LogP contribution in [0.15, 0.2) is 28.7 Å². The van der Waals surface area contributed by atoms with Crippen LogP contribution in [0.25, 0.3) is 0 Å². The Kier molecular flexibility index (Phi) is 5.47. The van der Waals surface area contributed by atoms with E-state index < -0.39 is 0 Å². The third kappa shape index (κ3) is 4.46. The largest absolute Gasteiger partial charge is 0.353 e. The summed E-state index contributed by atoms with van der Waals surface area (Å²) in [6.45, 7) is 3.60. The summed E-state index contributed by atoms with van der Waals surface area (Å²) >= 11 is 3.47. The van der Waals surface area contributed by atoms with Gasteiger partial charge >= 0.3 is 0 Å². The molecule has 4 heteroatoms. The van der Waals surface area contributed by atoms with Gasteiger partial charge in [0.25, 0.3) is 0 Å². The Hall–Kier alpha value is -0.870. The topological polar surface area (TPSA) is 32.3 Å². The Labute approximate surface area is 159 Å². The predicted octanol–water partition coefficient (Wildman–Crippen LogP) is 4.32. The summed E-state index contributed by atoms with van der Waals surface area (Å²) in [6, 6.07) is 8.82.